The van der Waals surface area contributed by atoms with Crippen molar-refractivity contribution in [3.63, 3.8) is 0 Å². The number of carbonyl (C=O) groups excluding carboxylic acids is 3. The molecule has 1 aromatic carbocycles. The summed E-state index contributed by atoms with van der Waals surface area (Å²) in [6.07, 6.45) is -1.87. The highest BCUT2D eigenvalue weighted by Crippen LogP contribution is 2.35. The maximum Gasteiger partial charge on any atom is 0.416 e. The second kappa shape index (κ2) is 8.75. The van der Waals surface area contributed by atoms with Gasteiger partial charge >= 0.3 is 18.0 Å². The number of hydrogen-bond donors (Lipinski definition) is 2. The van der Waals surface area contributed by atoms with Crippen LogP contribution in [0.25, 0.3) is 0 Å². The van der Waals surface area contributed by atoms with Crippen molar-refractivity contribution >= 4 is 23.5 Å². The lowest BCUT2D eigenvalue weighted by Crippen LogP contribution is -2.46. The normalized spacial score (nSPS) is 19.0. The molecule has 2 aromatic rings. The first-order chi connectivity index (χ1) is 14.6. The quantitative estimate of drug-likeness (QED) is 0.724. The molecule has 1 fully saturated rings. The Morgan fingerprint density at radius 1 is 1.13 bits per heavy atom. The van der Waals surface area contributed by atoms with Crippen LogP contribution >= 0.6 is 0 Å². The van der Waals surface area contributed by atoms with Gasteiger partial charge in [0.2, 0.25) is 0 Å². The number of benzene rings is 1. The first-order valence-electron chi connectivity index (χ1n) is 9.62. The molecule has 3 rings (SSSR count). The van der Waals surface area contributed by atoms with Crippen LogP contribution in [0, 0.1) is 5.92 Å². The van der Waals surface area contributed by atoms with Crippen LogP contribution in [0.5, 0.6) is 0 Å². The van der Waals surface area contributed by atoms with Crippen molar-refractivity contribution in [2.75, 3.05) is 11.9 Å². The van der Waals surface area contributed by atoms with E-state index in [-0.39, 0.29) is 23.8 Å². The molecule has 0 radical (unpaired) electrons. The van der Waals surface area contributed by atoms with Crippen LogP contribution in [-0.2, 0) is 15.8 Å². The Hall–Kier alpha value is -3.43. The van der Waals surface area contributed by atoms with E-state index in [0.717, 1.165) is 18.6 Å². The molecule has 0 spiro atoms. The maximum atomic E-state index is 12.9. The van der Waals surface area contributed by atoms with Gasteiger partial charge in [0.1, 0.15) is 5.82 Å². The summed E-state index contributed by atoms with van der Waals surface area (Å²) >= 11 is 0. The van der Waals surface area contributed by atoms with Gasteiger partial charge < -0.3 is 16.0 Å². The van der Waals surface area contributed by atoms with Crippen molar-refractivity contribution in [1.82, 2.24) is 9.88 Å². The van der Waals surface area contributed by atoms with Crippen LogP contribution in [0.2, 0.25) is 0 Å². The van der Waals surface area contributed by atoms with E-state index in [0.29, 0.717) is 12.0 Å². The van der Waals surface area contributed by atoms with Crippen molar-refractivity contribution in [1.29, 1.82) is 0 Å². The average Bonchev–Trinajstić information content (AvgIpc) is 2.73. The Morgan fingerprint density at radius 2 is 1.81 bits per heavy atom. The number of rotatable bonds is 3. The van der Waals surface area contributed by atoms with Crippen molar-refractivity contribution in [2.24, 2.45) is 11.7 Å². The fourth-order valence-electron chi connectivity index (χ4n) is 3.61. The van der Waals surface area contributed by atoms with E-state index in [2.05, 4.69) is 10.3 Å². The molecule has 2 heterocycles. The number of pyridine rings is 1. The van der Waals surface area contributed by atoms with E-state index >= 15 is 0 Å². The molecule has 0 unspecified atom stereocenters. The maximum absolute atomic E-state index is 12.9. The van der Waals surface area contributed by atoms with Crippen molar-refractivity contribution < 1.29 is 27.6 Å². The Bertz CT molecular complexity index is 992. The number of hydrogen-bond acceptors (Lipinski definition) is 4. The summed E-state index contributed by atoms with van der Waals surface area (Å²) in [6.45, 7) is 2.19. The topological polar surface area (TPSA) is 105 Å². The number of amides is 3. The zero-order valence-corrected chi connectivity index (χ0v) is 16.6. The summed E-state index contributed by atoms with van der Waals surface area (Å²) in [4.78, 5) is 42.3. The number of primary amides is 1. The minimum Gasteiger partial charge on any atom is -0.365 e. The second-order valence-electron chi connectivity index (χ2n) is 7.49. The fourth-order valence-corrected chi connectivity index (χ4v) is 3.61. The number of nitrogens with two attached hydrogens (primary N) is 1. The summed E-state index contributed by atoms with van der Waals surface area (Å²) in [7, 11) is 0. The highest BCUT2D eigenvalue weighted by Gasteiger charge is 2.35. The molecule has 7 nitrogen and oxygen atoms in total. The van der Waals surface area contributed by atoms with Gasteiger partial charge in [0.05, 0.1) is 17.2 Å². The summed E-state index contributed by atoms with van der Waals surface area (Å²) in [6, 6.07) is 6.85. The second-order valence-corrected chi connectivity index (χ2v) is 7.49. The van der Waals surface area contributed by atoms with Crippen LogP contribution in [0.15, 0.2) is 42.6 Å². The number of likely N-dealkylation sites (tertiary alicyclic amines) is 1. The van der Waals surface area contributed by atoms with Crippen LogP contribution in [0.1, 0.15) is 47.3 Å². The Morgan fingerprint density at radius 3 is 2.42 bits per heavy atom. The third-order valence-electron chi connectivity index (χ3n) is 5.20. The standard InChI is InChI=1S/C21H21F3N4O3/c1-12-4-9-16(13-5-7-14(8-6-13)21(22,23)24)28(11-12)20(31)19(30)27-18-15(17(25)29)3-2-10-26-18/h2-3,5-8,10,12,16H,4,9,11H2,1H3,(H2,25,29)(H,26,27,30)/t12-,16+/m0/s1. The lowest BCUT2D eigenvalue weighted by Gasteiger charge is -2.38. The molecule has 3 N–H and O–H groups in total. The highest BCUT2D eigenvalue weighted by atomic mass is 19.4. The van der Waals surface area contributed by atoms with Crippen LogP contribution in [0.4, 0.5) is 19.0 Å². The number of carbonyl (C=O) groups is 3. The molecule has 1 aliphatic heterocycles. The minimum absolute atomic E-state index is 0.0463. The predicted molar refractivity (Wildman–Crippen MR) is 106 cm³/mol. The van der Waals surface area contributed by atoms with E-state index in [1.807, 2.05) is 6.92 Å². The number of nitrogens with one attached hydrogen (secondary N) is 1. The molecule has 0 bridgehead atoms. The SMILES string of the molecule is C[C@H]1CC[C@H](c2ccc(C(F)(F)F)cc2)N(C(=O)C(=O)Nc2ncccc2C(N)=O)C1. The van der Waals surface area contributed by atoms with Crippen molar-refractivity contribution in [3.8, 4) is 0 Å². The van der Waals surface area contributed by atoms with E-state index in [4.69, 9.17) is 5.73 Å². The molecule has 3 amide bonds. The van der Waals surface area contributed by atoms with Crippen LogP contribution < -0.4 is 11.1 Å². The van der Waals surface area contributed by atoms with Gasteiger partial charge in [-0.1, -0.05) is 19.1 Å². The Balaban J connectivity index is 1.83. The first kappa shape index (κ1) is 22.3. The Kier molecular flexibility index (Phi) is 6.28. The largest absolute Gasteiger partial charge is 0.416 e. The zero-order chi connectivity index (χ0) is 22.8. The highest BCUT2D eigenvalue weighted by molar-refractivity contribution is 6.39. The van der Waals surface area contributed by atoms with E-state index in [1.54, 1.807) is 0 Å². The molecule has 10 heteroatoms. The molecule has 1 aliphatic rings. The predicted octanol–water partition coefficient (Wildman–Crippen LogP) is 3.14. The average molecular weight is 434 g/mol. The molecular weight excluding hydrogens is 413 g/mol. The van der Waals surface area contributed by atoms with E-state index in [9.17, 15) is 27.6 Å². The summed E-state index contributed by atoms with van der Waals surface area (Å²) in [5.74, 6) is -2.71. The molecule has 0 saturated carbocycles. The van der Waals surface area contributed by atoms with Crippen molar-refractivity contribution in [3.05, 3.63) is 59.3 Å². The number of alkyl halides is 3. The number of nitrogens with zero attached hydrogens (tertiary/aromatic N) is 2. The van der Waals surface area contributed by atoms with Crippen LogP contribution in [-0.4, -0.2) is 34.2 Å². The molecule has 2 atom stereocenters. The number of piperidine rings is 1. The molecule has 0 aliphatic carbocycles. The summed E-state index contributed by atoms with van der Waals surface area (Å²) in [5, 5.41) is 2.31. The van der Waals surface area contributed by atoms with Gasteiger partial charge in [0, 0.05) is 12.7 Å². The molecular formula is C21H21F3N4O3. The van der Waals surface area contributed by atoms with E-state index < -0.39 is 35.5 Å². The number of halogens is 3. The van der Waals surface area contributed by atoms with Gasteiger partial charge in [-0.15, -0.1) is 0 Å². The molecule has 1 saturated heterocycles. The zero-order valence-electron chi connectivity index (χ0n) is 16.6. The number of aromatic nitrogens is 1. The minimum atomic E-state index is -4.46. The monoisotopic (exact) mass is 434 g/mol. The number of anilines is 1. The summed E-state index contributed by atoms with van der Waals surface area (Å²) in [5.41, 5.74) is 4.94. The smallest absolute Gasteiger partial charge is 0.365 e. The van der Waals surface area contributed by atoms with Gasteiger partial charge in [-0.05, 0) is 48.6 Å². The van der Waals surface area contributed by atoms with E-state index in [1.165, 1.54) is 35.4 Å². The van der Waals surface area contributed by atoms with Gasteiger partial charge in [-0.3, -0.25) is 14.4 Å². The Labute approximate surface area is 176 Å². The lowest BCUT2D eigenvalue weighted by molar-refractivity contribution is -0.146. The lowest BCUT2D eigenvalue weighted by atomic mass is 9.89. The van der Waals surface area contributed by atoms with Gasteiger partial charge in [0.25, 0.3) is 5.91 Å². The van der Waals surface area contributed by atoms with Gasteiger partial charge in [-0.25, -0.2) is 4.98 Å². The molecule has 1 aromatic heterocycles. The first-order valence-corrected chi connectivity index (χ1v) is 9.62. The van der Waals surface area contributed by atoms with Crippen LogP contribution in [0.3, 0.4) is 0 Å². The fraction of sp³-hybridized carbons (Fsp3) is 0.333. The summed E-state index contributed by atoms with van der Waals surface area (Å²) < 4.78 is 38.6. The van der Waals surface area contributed by atoms with Gasteiger partial charge in [-0.2, -0.15) is 13.2 Å². The molecule has 164 valence electrons. The third kappa shape index (κ3) is 5.01. The van der Waals surface area contributed by atoms with Crippen molar-refractivity contribution in [2.45, 2.75) is 32.0 Å². The van der Waals surface area contributed by atoms with Gasteiger partial charge in [0.15, 0.2) is 0 Å². The molecule has 31 heavy (non-hydrogen) atoms. The third-order valence-corrected chi connectivity index (χ3v) is 5.20.